The summed E-state index contributed by atoms with van der Waals surface area (Å²) in [7, 11) is -4.83. The third kappa shape index (κ3) is 5.34. The van der Waals surface area contributed by atoms with Gasteiger partial charge in [0.05, 0.1) is 21.9 Å². The molecule has 0 unspecified atom stereocenters. The number of benzene rings is 2. The summed E-state index contributed by atoms with van der Waals surface area (Å²) in [4.78, 5) is 22.5. The molecule has 1 N–H and O–H groups in total. The molecule has 1 heterocycles. The molecule has 17 heteroatoms. The zero-order valence-corrected chi connectivity index (χ0v) is 18.8. The van der Waals surface area contributed by atoms with E-state index in [-0.39, 0.29) is 22.2 Å². The van der Waals surface area contributed by atoms with Gasteiger partial charge in [-0.25, -0.2) is 4.68 Å². The largest absolute Gasteiger partial charge is 0.534 e. The lowest BCUT2D eigenvalue weighted by Gasteiger charge is -2.19. The van der Waals surface area contributed by atoms with Crippen LogP contribution in [0.15, 0.2) is 41.2 Å². The third-order valence-corrected chi connectivity index (χ3v) is 5.82. The molecule has 0 aliphatic rings. The molecule has 0 bridgehead atoms. The molecule has 10 nitrogen and oxygen atoms in total. The van der Waals surface area contributed by atoms with Crippen molar-refractivity contribution in [1.29, 1.82) is 0 Å². The monoisotopic (exact) mass is 540 g/mol. The SMILES string of the molecule is C[C@@H](Nc1nn(C)c(=O)c2ccc(OS(=O)(=O)C(F)(F)F)cc12)c1cc([N+](=O)[O-])cc(C(F)(F)F)c1. The van der Waals surface area contributed by atoms with Gasteiger partial charge in [0.15, 0.2) is 5.82 Å². The van der Waals surface area contributed by atoms with E-state index in [9.17, 15) is 49.7 Å². The molecule has 0 amide bonds. The highest BCUT2D eigenvalue weighted by atomic mass is 32.2. The Morgan fingerprint density at radius 3 is 2.28 bits per heavy atom. The minimum Gasteiger partial charge on any atom is -0.376 e. The first-order chi connectivity index (χ1) is 16.4. The number of nitro groups is 1. The number of hydrogen-bond donors (Lipinski definition) is 1. The Balaban J connectivity index is 2.11. The van der Waals surface area contributed by atoms with Crippen LogP contribution in [0.1, 0.15) is 24.1 Å². The molecule has 0 spiro atoms. The molecule has 3 rings (SSSR count). The maximum Gasteiger partial charge on any atom is 0.534 e. The van der Waals surface area contributed by atoms with Crippen LogP contribution in [0.25, 0.3) is 10.8 Å². The van der Waals surface area contributed by atoms with E-state index < -0.39 is 55.3 Å². The predicted octanol–water partition coefficient (Wildman–Crippen LogP) is 4.26. The fourth-order valence-corrected chi connectivity index (χ4v) is 3.56. The van der Waals surface area contributed by atoms with E-state index in [2.05, 4.69) is 14.6 Å². The van der Waals surface area contributed by atoms with Crippen LogP contribution in [0.4, 0.5) is 37.8 Å². The van der Waals surface area contributed by atoms with Crippen molar-refractivity contribution in [2.75, 3.05) is 5.32 Å². The van der Waals surface area contributed by atoms with E-state index in [0.717, 1.165) is 28.9 Å². The molecule has 2 aromatic carbocycles. The topological polar surface area (TPSA) is 133 Å². The fourth-order valence-electron chi connectivity index (χ4n) is 3.10. The zero-order valence-electron chi connectivity index (χ0n) is 18.0. The summed E-state index contributed by atoms with van der Waals surface area (Å²) < 4.78 is 105. The van der Waals surface area contributed by atoms with Crippen molar-refractivity contribution in [2.24, 2.45) is 7.05 Å². The second kappa shape index (κ2) is 8.96. The Hall–Kier alpha value is -3.89. The summed E-state index contributed by atoms with van der Waals surface area (Å²) in [5.41, 5.74) is -8.82. The van der Waals surface area contributed by atoms with Gasteiger partial charge in [-0.3, -0.25) is 14.9 Å². The molecule has 0 saturated carbocycles. The van der Waals surface area contributed by atoms with E-state index in [1.165, 1.54) is 14.0 Å². The van der Waals surface area contributed by atoms with Crippen LogP contribution >= 0.6 is 0 Å². The molecule has 0 radical (unpaired) electrons. The van der Waals surface area contributed by atoms with Gasteiger partial charge in [0.1, 0.15) is 5.75 Å². The van der Waals surface area contributed by atoms with E-state index in [1.807, 2.05) is 0 Å². The average molecular weight is 540 g/mol. The van der Waals surface area contributed by atoms with E-state index in [0.29, 0.717) is 12.1 Å². The van der Waals surface area contributed by atoms with Gasteiger partial charge < -0.3 is 9.50 Å². The number of non-ortho nitro benzene ring substituents is 1. The minimum atomic E-state index is -6.04. The van der Waals surface area contributed by atoms with Gasteiger partial charge in [-0.05, 0) is 36.8 Å². The second-order valence-electron chi connectivity index (χ2n) is 7.40. The number of anilines is 1. The quantitative estimate of drug-likeness (QED) is 0.161. The molecule has 36 heavy (non-hydrogen) atoms. The van der Waals surface area contributed by atoms with Crippen molar-refractivity contribution in [3.63, 3.8) is 0 Å². The summed E-state index contributed by atoms with van der Waals surface area (Å²) in [6.07, 6.45) is -4.90. The molecule has 1 atom stereocenters. The molecule has 3 aromatic rings. The smallest absolute Gasteiger partial charge is 0.376 e. The Morgan fingerprint density at radius 2 is 1.72 bits per heavy atom. The summed E-state index contributed by atoms with van der Waals surface area (Å²) in [6, 6.07) is 3.32. The predicted molar refractivity (Wildman–Crippen MR) is 113 cm³/mol. The lowest BCUT2D eigenvalue weighted by atomic mass is 10.0. The van der Waals surface area contributed by atoms with Crippen LogP contribution in [0.3, 0.4) is 0 Å². The molecular formula is C19H14F6N4O6S. The van der Waals surface area contributed by atoms with Crippen molar-refractivity contribution in [2.45, 2.75) is 24.7 Å². The Kier molecular flexibility index (Phi) is 6.65. The van der Waals surface area contributed by atoms with Crippen LogP contribution in [-0.4, -0.2) is 28.6 Å². The number of fused-ring (bicyclic) bond motifs is 1. The maximum atomic E-state index is 13.2. The van der Waals surface area contributed by atoms with Gasteiger partial charge >= 0.3 is 21.8 Å². The number of halogens is 6. The van der Waals surface area contributed by atoms with Gasteiger partial charge in [0, 0.05) is 24.6 Å². The first-order valence-corrected chi connectivity index (χ1v) is 11.0. The first kappa shape index (κ1) is 26.7. The van der Waals surface area contributed by atoms with Crippen molar-refractivity contribution in [3.8, 4) is 5.75 Å². The normalized spacial score (nSPS) is 13.4. The first-order valence-electron chi connectivity index (χ1n) is 9.55. The van der Waals surface area contributed by atoms with Crippen molar-refractivity contribution in [1.82, 2.24) is 9.78 Å². The van der Waals surface area contributed by atoms with Crippen LogP contribution in [0.5, 0.6) is 5.75 Å². The van der Waals surface area contributed by atoms with Crippen molar-refractivity contribution < 1.29 is 43.9 Å². The third-order valence-electron chi connectivity index (χ3n) is 4.84. The van der Waals surface area contributed by atoms with Crippen molar-refractivity contribution >= 4 is 32.4 Å². The van der Waals surface area contributed by atoms with Gasteiger partial charge in [-0.15, -0.1) is 0 Å². The number of nitrogens with one attached hydrogen (secondary N) is 1. The van der Waals surface area contributed by atoms with E-state index in [1.54, 1.807) is 0 Å². The summed E-state index contributed by atoms with van der Waals surface area (Å²) in [6.45, 7) is 1.31. The molecule has 1 aromatic heterocycles. The summed E-state index contributed by atoms with van der Waals surface area (Å²) in [5.74, 6) is -1.07. The van der Waals surface area contributed by atoms with Gasteiger partial charge in [0.25, 0.3) is 11.2 Å². The summed E-state index contributed by atoms with van der Waals surface area (Å²) >= 11 is 0. The van der Waals surface area contributed by atoms with Crippen LogP contribution in [-0.2, 0) is 23.3 Å². The highest BCUT2D eigenvalue weighted by Gasteiger charge is 2.48. The standard InChI is InChI=1S/C19H14F6N4O6S/c1-9(10-5-11(18(20,21)22)7-12(6-10)29(31)32)26-16-15-8-13(35-36(33,34)19(23,24)25)3-4-14(15)17(30)28(2)27-16/h3-9H,1-2H3,(H,26,27)/t9-/m1/s1. The maximum absolute atomic E-state index is 13.2. The summed E-state index contributed by atoms with van der Waals surface area (Å²) in [5, 5.41) is 17.3. The molecule has 0 aliphatic carbocycles. The lowest BCUT2D eigenvalue weighted by molar-refractivity contribution is -0.385. The van der Waals surface area contributed by atoms with Crippen LogP contribution in [0, 0.1) is 10.1 Å². The molecule has 0 fully saturated rings. The van der Waals surface area contributed by atoms with E-state index >= 15 is 0 Å². The van der Waals surface area contributed by atoms with Gasteiger partial charge in [-0.1, -0.05) is 0 Å². The molecule has 0 saturated heterocycles. The fraction of sp³-hybridized carbons (Fsp3) is 0.263. The Morgan fingerprint density at radius 1 is 1.08 bits per heavy atom. The highest BCUT2D eigenvalue weighted by Crippen LogP contribution is 2.35. The highest BCUT2D eigenvalue weighted by molar-refractivity contribution is 7.88. The number of hydrogen-bond acceptors (Lipinski definition) is 8. The van der Waals surface area contributed by atoms with Gasteiger partial charge in [-0.2, -0.15) is 39.9 Å². The Labute approximate surface area is 197 Å². The number of aromatic nitrogens is 2. The number of aryl methyl sites for hydroxylation is 1. The van der Waals surface area contributed by atoms with Crippen molar-refractivity contribution in [3.05, 3.63) is 68.0 Å². The lowest BCUT2D eigenvalue weighted by Crippen LogP contribution is -2.28. The zero-order chi connectivity index (χ0) is 27.2. The minimum absolute atomic E-state index is 0.144. The van der Waals surface area contributed by atoms with Gasteiger partial charge in [0.2, 0.25) is 0 Å². The average Bonchev–Trinajstić information content (AvgIpc) is 2.75. The van der Waals surface area contributed by atoms with Crippen LogP contribution < -0.4 is 15.1 Å². The molecular weight excluding hydrogens is 526 g/mol. The molecule has 194 valence electrons. The second-order valence-corrected chi connectivity index (χ2v) is 8.94. The van der Waals surface area contributed by atoms with E-state index in [4.69, 9.17) is 0 Å². The number of nitrogens with zero attached hydrogens (tertiary/aromatic N) is 3. The number of alkyl halides is 6. The number of rotatable bonds is 6. The van der Waals surface area contributed by atoms with Crippen LogP contribution in [0.2, 0.25) is 0 Å². The Bertz CT molecular complexity index is 1520. The molecule has 0 aliphatic heterocycles. The number of nitro benzene ring substituents is 1.